The zero-order valence-corrected chi connectivity index (χ0v) is 64.3. The number of hydrogen-bond donors (Lipinski definition) is 16. The van der Waals surface area contributed by atoms with E-state index in [0.29, 0.717) is 105 Å². The first-order chi connectivity index (χ1) is 56.0. The minimum atomic E-state index is -0.513. The van der Waals surface area contributed by atoms with Crippen LogP contribution in [0.15, 0.2) is 104 Å². The van der Waals surface area contributed by atoms with Crippen molar-refractivity contribution >= 4 is 80.8 Å². The fourth-order valence-corrected chi connectivity index (χ4v) is 14.0. The van der Waals surface area contributed by atoms with Crippen LogP contribution in [0.4, 0.5) is 69.8 Å². The molecule has 4 fully saturated rings. The highest BCUT2D eigenvalue weighted by Gasteiger charge is 2.28. The predicted molar refractivity (Wildman–Crippen MR) is 436 cm³/mol. The van der Waals surface area contributed by atoms with E-state index in [1.165, 1.54) is 50.1 Å². The second kappa shape index (κ2) is 41.4. The molecule has 0 atom stereocenters. The summed E-state index contributed by atoms with van der Waals surface area (Å²) in [5.41, 5.74) is 27.6. The number of aromatic hydroxyl groups is 3. The topological polar surface area (TPSA) is 593 Å². The van der Waals surface area contributed by atoms with Gasteiger partial charge in [0, 0.05) is 82.9 Å². The van der Waals surface area contributed by atoms with Crippen LogP contribution < -0.4 is 79.7 Å². The van der Waals surface area contributed by atoms with Crippen molar-refractivity contribution in [2.45, 2.75) is 153 Å². The van der Waals surface area contributed by atoms with E-state index in [1.54, 1.807) is 18.2 Å². The largest absolute Gasteiger partial charge is 0.504 e. The third kappa shape index (κ3) is 24.9. The highest BCUT2D eigenvalue weighted by atomic mass is 16.7. The Morgan fingerprint density at radius 3 is 1.18 bits per heavy atom. The van der Waals surface area contributed by atoms with Gasteiger partial charge in [-0.25, -0.2) is 24.9 Å². The van der Waals surface area contributed by atoms with E-state index < -0.39 is 19.7 Å². The van der Waals surface area contributed by atoms with Crippen molar-refractivity contribution in [1.29, 1.82) is 0 Å². The Balaban J connectivity index is 0.000000152. The van der Waals surface area contributed by atoms with E-state index in [4.69, 9.17) is 37.1 Å². The summed E-state index contributed by atoms with van der Waals surface area (Å²) in [4.78, 5) is 84.5. The number of nitrogens with one attached hydrogen (secondary N) is 9. The van der Waals surface area contributed by atoms with Crippen molar-refractivity contribution in [2.75, 3.05) is 89.2 Å². The van der Waals surface area contributed by atoms with Crippen LogP contribution >= 0.6 is 0 Å². The Kier molecular flexibility index (Phi) is 30.0. The Hall–Kier alpha value is -12.7. The van der Waals surface area contributed by atoms with Crippen molar-refractivity contribution in [3.8, 4) is 34.5 Å². The Morgan fingerprint density at radius 2 is 0.793 bits per heavy atom. The molecule has 40 nitrogen and oxygen atoms in total. The van der Waals surface area contributed by atoms with Gasteiger partial charge in [-0.05, 0) is 192 Å². The molecule has 4 aromatic carbocycles. The van der Waals surface area contributed by atoms with Crippen LogP contribution in [0.3, 0.4) is 0 Å². The fourth-order valence-electron chi connectivity index (χ4n) is 14.0. The molecule has 1 aliphatic heterocycles. The molecule has 0 spiro atoms. The number of hydrogen-bond acceptors (Lipinski definition) is 35. The minimum Gasteiger partial charge on any atom is -0.504 e. The standard InChI is InChI=1S/C20H26N8O2.C19H24N6O4.C19H26N6O4.C18H24N6O4/c21-14-7-5-13(6-8-14)11-23-19-17(28(29)30)12-24-20(27-19)22-10-9-18-25-15-3-1-2-4-16(15)26-18;20-14-4-1-12(2-5-14)8-21-18-15(25(26)27)10-23-19(24-18)22-9-13-3-6-16-17(7-13)29-11-28-16;1-29-17-8-13(4-7-16(17)26)10-22-19-23-11-15(25(27)28)18(24-19)21-9-12-2-5-14(20)6-3-12;19-13-4-1-11(2-5-13)8-20-17-14(24(27)28)10-22-18(23-17)21-9-12-3-6-15(25)16(26)7-12/h1-4,12-14H,5-11,21H2,(H,25,26)(H2,22,23,24,27);3,6-7,10,12,14H,1-2,4-5,8-9,11,20H2,(H2,21,22,23,24);4,7-8,11-12,14,26H,2-3,5-6,9-10,20H2,1H3,(H2,21,22,23,24);3,6-7,10-11,13,25-26H,1-2,4-5,8-9,19H2,(H2,20,21,22,23). The minimum absolute atomic E-state index is 0.0537. The van der Waals surface area contributed by atoms with Crippen LogP contribution in [0.1, 0.15) is 125 Å². The van der Waals surface area contributed by atoms with Gasteiger partial charge >= 0.3 is 22.7 Å². The van der Waals surface area contributed by atoms with Gasteiger partial charge in [-0.1, -0.05) is 30.3 Å². The number of ether oxygens (including phenoxy) is 3. The molecule has 116 heavy (non-hydrogen) atoms. The van der Waals surface area contributed by atoms with Crippen LogP contribution in [0.5, 0.6) is 34.5 Å². The van der Waals surface area contributed by atoms with Crippen LogP contribution in [-0.4, -0.2) is 156 Å². The second-order valence-electron chi connectivity index (χ2n) is 29.3. The molecule has 0 radical (unpaired) electrons. The smallest absolute Gasteiger partial charge is 0.329 e. The highest BCUT2D eigenvalue weighted by molar-refractivity contribution is 5.74. The number of imidazole rings is 1. The maximum Gasteiger partial charge on any atom is 0.329 e. The third-order valence-electron chi connectivity index (χ3n) is 20.8. The summed E-state index contributed by atoms with van der Waals surface area (Å²) in [6, 6.07) is 24.0. The zero-order chi connectivity index (χ0) is 82.0. The first kappa shape index (κ1) is 84.2. The lowest BCUT2D eigenvalue weighted by molar-refractivity contribution is -0.384. The van der Waals surface area contributed by atoms with Gasteiger partial charge in [-0.2, -0.15) is 19.9 Å². The number of phenolic OH excluding ortho intramolecular Hbond substituents is 3. The van der Waals surface area contributed by atoms with Crippen molar-refractivity contribution < 1.29 is 49.2 Å². The summed E-state index contributed by atoms with van der Waals surface area (Å²) in [5, 5.41) is 98.6. The van der Waals surface area contributed by atoms with Crippen LogP contribution in [0.25, 0.3) is 11.0 Å². The number of anilines is 8. The zero-order valence-electron chi connectivity index (χ0n) is 64.3. The molecule has 4 aliphatic carbocycles. The predicted octanol–water partition coefficient (Wildman–Crippen LogP) is 10.5. The maximum atomic E-state index is 11.3. The van der Waals surface area contributed by atoms with Gasteiger partial charge in [0.15, 0.2) is 34.5 Å². The van der Waals surface area contributed by atoms with E-state index in [1.807, 2.05) is 42.5 Å². The molecule has 4 saturated carbocycles. The molecular formula is C76H100N26O14. The summed E-state index contributed by atoms with van der Waals surface area (Å²) >= 11 is 0. The number of para-hydroxylation sites is 2. The molecular weight excluding hydrogens is 1500 g/mol. The van der Waals surface area contributed by atoms with Gasteiger partial charge in [0.05, 0.1) is 37.8 Å². The quantitative estimate of drug-likeness (QED) is 0.0113. The molecule has 5 aliphatic rings. The first-order valence-electron chi connectivity index (χ1n) is 38.7. The lowest BCUT2D eigenvalue weighted by Crippen LogP contribution is -2.29. The first-order valence-corrected chi connectivity index (χ1v) is 38.7. The molecule has 14 rings (SSSR count). The second-order valence-corrected chi connectivity index (χ2v) is 29.3. The number of benzene rings is 4. The number of nitrogens with zero attached hydrogens (tertiary/aromatic N) is 13. The number of aromatic nitrogens is 10. The molecule has 0 bridgehead atoms. The van der Waals surface area contributed by atoms with E-state index in [-0.39, 0.29) is 113 Å². The van der Waals surface area contributed by atoms with Crippen LogP contribution in [0.2, 0.25) is 0 Å². The number of rotatable bonds is 30. The number of methoxy groups -OCH3 is 1. The SMILES string of the molecule is COc1cc(CNc2ncc([N+](=O)[O-])c(NCC3CCC(N)CC3)n2)ccc1O.NC1CCC(CNc2nc(NCCc3nc4ccccc4[nH]3)ncc2[N+](=O)[O-])CC1.NC1CCC(CNc2nc(NCc3ccc(O)c(O)c3)ncc2[N+](=O)[O-])CC1.NC1CCC(CNc2nc(NCc3ccc4c(c3)OCO4)ncc2[N+](=O)[O-])CC1. The average Bonchev–Trinajstić information content (AvgIpc) is 1.39. The maximum absolute atomic E-state index is 11.3. The van der Waals surface area contributed by atoms with Crippen LogP contribution in [0, 0.1) is 64.1 Å². The molecule has 0 saturated heterocycles. The average molecular weight is 1600 g/mol. The van der Waals surface area contributed by atoms with E-state index >= 15 is 0 Å². The molecule has 0 amide bonds. The number of phenols is 3. The molecule has 618 valence electrons. The number of nitro groups is 4. The van der Waals surface area contributed by atoms with Crippen molar-refractivity contribution in [3.05, 3.63) is 167 Å². The Labute approximate surface area is 667 Å². The lowest BCUT2D eigenvalue weighted by atomic mass is 9.86. The number of aromatic amines is 1. The van der Waals surface area contributed by atoms with E-state index in [0.717, 1.165) is 136 Å². The number of H-pyrrole nitrogens is 1. The molecule has 9 aromatic rings. The van der Waals surface area contributed by atoms with Crippen molar-refractivity contribution in [2.24, 2.45) is 46.6 Å². The molecule has 0 unspecified atom stereocenters. The van der Waals surface area contributed by atoms with Crippen molar-refractivity contribution in [3.63, 3.8) is 0 Å². The Morgan fingerprint density at radius 1 is 0.431 bits per heavy atom. The molecule has 6 heterocycles. The number of nitrogens with two attached hydrogens (primary N) is 4. The monoisotopic (exact) mass is 1600 g/mol. The fraction of sp³-hybridized carbons (Fsp3) is 0.461. The van der Waals surface area contributed by atoms with Gasteiger partial charge in [0.1, 0.15) is 30.6 Å². The Bertz CT molecular complexity index is 4640. The molecule has 5 aromatic heterocycles. The normalized spacial score (nSPS) is 19.3. The van der Waals surface area contributed by atoms with Gasteiger partial charge in [0.2, 0.25) is 53.9 Å². The van der Waals surface area contributed by atoms with Gasteiger partial charge in [-0.3, -0.25) is 40.5 Å². The summed E-state index contributed by atoms with van der Waals surface area (Å²) < 4.78 is 15.8. The van der Waals surface area contributed by atoms with Crippen LogP contribution in [-0.2, 0) is 26.1 Å². The van der Waals surface area contributed by atoms with Gasteiger partial charge in [-0.15, -0.1) is 0 Å². The van der Waals surface area contributed by atoms with Gasteiger partial charge in [0.25, 0.3) is 0 Å². The summed E-state index contributed by atoms with van der Waals surface area (Å²) in [7, 11) is 1.48. The van der Waals surface area contributed by atoms with E-state index in [9.17, 15) is 55.8 Å². The molecule has 40 heteroatoms. The summed E-state index contributed by atoms with van der Waals surface area (Å²) in [5.74, 6) is 6.01. The highest BCUT2D eigenvalue weighted by Crippen LogP contribution is 2.36. The van der Waals surface area contributed by atoms with E-state index in [2.05, 4.69) is 92.4 Å². The molecule has 20 N–H and O–H groups in total. The lowest BCUT2D eigenvalue weighted by Gasteiger charge is -2.26. The van der Waals surface area contributed by atoms with Gasteiger partial charge < -0.3 is 100.0 Å². The number of fused-ring (bicyclic) bond motifs is 2. The summed E-state index contributed by atoms with van der Waals surface area (Å²) in [6.45, 7) is 4.36. The third-order valence-corrected chi connectivity index (χ3v) is 20.8. The summed E-state index contributed by atoms with van der Waals surface area (Å²) in [6.07, 6.45) is 21.4. The van der Waals surface area contributed by atoms with Crippen molar-refractivity contribution in [1.82, 2.24) is 49.8 Å².